The predicted octanol–water partition coefficient (Wildman–Crippen LogP) is 2.62. The van der Waals surface area contributed by atoms with Gasteiger partial charge in [0.05, 0.1) is 6.10 Å². The molecule has 1 amide bonds. The lowest BCUT2D eigenvalue weighted by Gasteiger charge is -2.44. The second kappa shape index (κ2) is 5.33. The average molecular weight is 261 g/mol. The summed E-state index contributed by atoms with van der Waals surface area (Å²) in [5.41, 5.74) is 1.70. The fourth-order valence-corrected chi connectivity index (χ4v) is 2.78. The van der Waals surface area contributed by atoms with E-state index in [9.17, 15) is 9.90 Å². The van der Waals surface area contributed by atoms with E-state index in [0.29, 0.717) is 19.4 Å². The molecule has 1 unspecified atom stereocenters. The molecule has 1 N–H and O–H groups in total. The van der Waals surface area contributed by atoms with Crippen LogP contribution in [0.4, 0.5) is 0 Å². The molecule has 0 bridgehead atoms. The van der Waals surface area contributed by atoms with E-state index < -0.39 is 0 Å². The van der Waals surface area contributed by atoms with Crippen molar-refractivity contribution in [3.05, 3.63) is 35.4 Å². The maximum absolute atomic E-state index is 12.6. The van der Waals surface area contributed by atoms with E-state index in [2.05, 4.69) is 6.92 Å². The molecule has 0 radical (unpaired) electrons. The van der Waals surface area contributed by atoms with E-state index in [1.165, 1.54) is 5.56 Å². The lowest BCUT2D eigenvalue weighted by atomic mass is 9.88. The first-order valence-electron chi connectivity index (χ1n) is 7.03. The molecular formula is C16H23NO2. The van der Waals surface area contributed by atoms with Crippen molar-refractivity contribution in [3.63, 3.8) is 0 Å². The normalized spacial score (nSPS) is 22.3. The minimum absolute atomic E-state index is 0.0690. The number of likely N-dealkylation sites (tertiary alicyclic amines) is 1. The van der Waals surface area contributed by atoms with Crippen molar-refractivity contribution in [2.45, 2.75) is 51.7 Å². The third-order valence-electron chi connectivity index (χ3n) is 4.01. The standard InChI is InChI=1S/C16H23NO2/c1-4-12-5-7-13(8-6-12)15(19)17-10-9-14(18)11-16(17,2)3/h5-8,14,18H,4,9-11H2,1-3H3. The van der Waals surface area contributed by atoms with Gasteiger partial charge in [-0.2, -0.15) is 0 Å². The van der Waals surface area contributed by atoms with Gasteiger partial charge in [-0.05, 0) is 50.8 Å². The lowest BCUT2D eigenvalue weighted by molar-refractivity contribution is 0.00329. The molecule has 1 aliphatic rings. The zero-order chi connectivity index (χ0) is 14.0. The Balaban J connectivity index is 2.18. The summed E-state index contributed by atoms with van der Waals surface area (Å²) in [6, 6.07) is 7.84. The molecule has 0 aromatic heterocycles. The molecule has 104 valence electrons. The van der Waals surface area contributed by atoms with Gasteiger partial charge >= 0.3 is 0 Å². The largest absolute Gasteiger partial charge is 0.393 e. The molecule has 19 heavy (non-hydrogen) atoms. The molecule has 3 heteroatoms. The number of aliphatic hydroxyl groups excluding tert-OH is 1. The van der Waals surface area contributed by atoms with E-state index in [1.807, 2.05) is 43.0 Å². The van der Waals surface area contributed by atoms with E-state index in [1.54, 1.807) is 0 Å². The molecule has 1 saturated heterocycles. The van der Waals surface area contributed by atoms with Gasteiger partial charge in [0.2, 0.25) is 0 Å². The molecule has 3 nitrogen and oxygen atoms in total. The number of rotatable bonds is 2. The van der Waals surface area contributed by atoms with E-state index >= 15 is 0 Å². The molecule has 2 rings (SSSR count). The number of carbonyl (C=O) groups is 1. The Hall–Kier alpha value is -1.35. The minimum atomic E-state index is -0.290. The lowest BCUT2D eigenvalue weighted by Crippen LogP contribution is -2.54. The zero-order valence-corrected chi connectivity index (χ0v) is 12.0. The fraction of sp³-hybridized carbons (Fsp3) is 0.562. The first kappa shape index (κ1) is 14.1. The highest BCUT2D eigenvalue weighted by Gasteiger charge is 2.37. The maximum atomic E-state index is 12.6. The Bertz CT molecular complexity index is 450. The van der Waals surface area contributed by atoms with Gasteiger partial charge in [0.15, 0.2) is 0 Å². The van der Waals surface area contributed by atoms with Crippen molar-refractivity contribution in [1.82, 2.24) is 4.90 Å². The van der Waals surface area contributed by atoms with Crippen LogP contribution in [0.25, 0.3) is 0 Å². The molecule has 1 atom stereocenters. The van der Waals surface area contributed by atoms with E-state index in [0.717, 1.165) is 12.0 Å². The Morgan fingerprint density at radius 3 is 2.53 bits per heavy atom. The first-order valence-corrected chi connectivity index (χ1v) is 7.03. The summed E-state index contributed by atoms with van der Waals surface area (Å²) in [4.78, 5) is 14.5. The van der Waals surface area contributed by atoms with Crippen LogP contribution in [0, 0.1) is 0 Å². The number of hydrogen-bond acceptors (Lipinski definition) is 2. The molecule has 0 saturated carbocycles. The number of amides is 1. The van der Waals surface area contributed by atoms with Gasteiger partial charge in [-0.15, -0.1) is 0 Å². The summed E-state index contributed by atoms with van der Waals surface area (Å²) in [5.74, 6) is 0.0690. The summed E-state index contributed by atoms with van der Waals surface area (Å²) in [5, 5.41) is 9.75. The van der Waals surface area contributed by atoms with Crippen LogP contribution >= 0.6 is 0 Å². The van der Waals surface area contributed by atoms with Crippen LogP contribution in [0.2, 0.25) is 0 Å². The zero-order valence-electron chi connectivity index (χ0n) is 12.0. The minimum Gasteiger partial charge on any atom is -0.393 e. The smallest absolute Gasteiger partial charge is 0.254 e. The Morgan fingerprint density at radius 2 is 2.00 bits per heavy atom. The number of carbonyl (C=O) groups excluding carboxylic acids is 1. The van der Waals surface area contributed by atoms with Gasteiger partial charge in [0, 0.05) is 17.6 Å². The molecule has 1 aliphatic heterocycles. The summed E-state index contributed by atoms with van der Waals surface area (Å²) in [7, 11) is 0. The average Bonchev–Trinajstić information content (AvgIpc) is 2.37. The Labute approximate surface area is 115 Å². The second-order valence-electron chi connectivity index (χ2n) is 5.97. The number of piperidine rings is 1. The summed E-state index contributed by atoms with van der Waals surface area (Å²) < 4.78 is 0. The SMILES string of the molecule is CCc1ccc(C(=O)N2CCC(O)CC2(C)C)cc1. The number of benzene rings is 1. The fourth-order valence-electron chi connectivity index (χ4n) is 2.78. The molecular weight excluding hydrogens is 238 g/mol. The first-order chi connectivity index (χ1) is 8.94. The van der Waals surface area contributed by atoms with Gasteiger partial charge < -0.3 is 10.0 Å². The molecule has 1 aromatic carbocycles. The van der Waals surface area contributed by atoms with E-state index in [4.69, 9.17) is 0 Å². The predicted molar refractivity (Wildman–Crippen MR) is 76.2 cm³/mol. The van der Waals surface area contributed by atoms with Crippen LogP contribution in [0.1, 0.15) is 49.5 Å². The van der Waals surface area contributed by atoms with Gasteiger partial charge in [0.1, 0.15) is 0 Å². The quantitative estimate of drug-likeness (QED) is 0.889. The topological polar surface area (TPSA) is 40.5 Å². The van der Waals surface area contributed by atoms with Crippen molar-refractivity contribution in [2.75, 3.05) is 6.54 Å². The summed E-state index contributed by atoms with van der Waals surface area (Å²) in [6.07, 6.45) is 2.01. The highest BCUT2D eigenvalue weighted by atomic mass is 16.3. The number of aryl methyl sites for hydroxylation is 1. The van der Waals surface area contributed by atoms with Gasteiger partial charge in [-0.1, -0.05) is 19.1 Å². The Morgan fingerprint density at radius 1 is 1.37 bits per heavy atom. The second-order valence-corrected chi connectivity index (χ2v) is 5.97. The van der Waals surface area contributed by atoms with Crippen LogP contribution in [0.3, 0.4) is 0 Å². The third-order valence-corrected chi connectivity index (χ3v) is 4.01. The Kier molecular flexibility index (Phi) is 3.95. The van der Waals surface area contributed by atoms with Crippen LogP contribution in [-0.4, -0.2) is 34.1 Å². The number of nitrogens with zero attached hydrogens (tertiary/aromatic N) is 1. The third kappa shape index (κ3) is 2.98. The number of aliphatic hydroxyl groups is 1. The summed E-state index contributed by atoms with van der Waals surface area (Å²) >= 11 is 0. The van der Waals surface area contributed by atoms with Crippen molar-refractivity contribution < 1.29 is 9.90 Å². The van der Waals surface area contributed by atoms with Gasteiger partial charge in [-0.3, -0.25) is 4.79 Å². The monoisotopic (exact) mass is 261 g/mol. The molecule has 1 fully saturated rings. The molecule has 0 spiro atoms. The van der Waals surface area contributed by atoms with E-state index in [-0.39, 0.29) is 17.6 Å². The van der Waals surface area contributed by atoms with Crippen LogP contribution < -0.4 is 0 Å². The molecule has 1 aromatic rings. The number of hydrogen-bond donors (Lipinski definition) is 1. The summed E-state index contributed by atoms with van der Waals surface area (Å²) in [6.45, 7) is 6.77. The molecule has 0 aliphatic carbocycles. The van der Waals surface area contributed by atoms with Crippen molar-refractivity contribution in [2.24, 2.45) is 0 Å². The maximum Gasteiger partial charge on any atom is 0.254 e. The van der Waals surface area contributed by atoms with Crippen molar-refractivity contribution in [1.29, 1.82) is 0 Å². The van der Waals surface area contributed by atoms with Crippen LogP contribution in [-0.2, 0) is 6.42 Å². The van der Waals surface area contributed by atoms with Crippen molar-refractivity contribution in [3.8, 4) is 0 Å². The highest BCUT2D eigenvalue weighted by molar-refractivity contribution is 5.94. The van der Waals surface area contributed by atoms with Crippen molar-refractivity contribution >= 4 is 5.91 Å². The van der Waals surface area contributed by atoms with Gasteiger partial charge in [0.25, 0.3) is 5.91 Å². The van der Waals surface area contributed by atoms with Crippen LogP contribution in [0.5, 0.6) is 0 Å². The van der Waals surface area contributed by atoms with Gasteiger partial charge in [-0.25, -0.2) is 0 Å². The molecule has 1 heterocycles. The highest BCUT2D eigenvalue weighted by Crippen LogP contribution is 2.29. The van der Waals surface area contributed by atoms with Crippen LogP contribution in [0.15, 0.2) is 24.3 Å².